The summed E-state index contributed by atoms with van der Waals surface area (Å²) >= 11 is 0. The molecule has 1 atom stereocenters. The van der Waals surface area contributed by atoms with Crippen molar-refractivity contribution in [2.45, 2.75) is 11.5 Å². The fourth-order valence-electron chi connectivity index (χ4n) is 2.40. The van der Waals surface area contributed by atoms with Crippen LogP contribution in [0, 0.1) is 0 Å². The smallest absolute Gasteiger partial charge is 0.207 e. The van der Waals surface area contributed by atoms with E-state index in [0.29, 0.717) is 17.4 Å². The summed E-state index contributed by atoms with van der Waals surface area (Å²) in [5.41, 5.74) is 1.86. The maximum Gasteiger partial charge on any atom is 0.207 e. The van der Waals surface area contributed by atoms with E-state index < -0.39 is 10.8 Å². The van der Waals surface area contributed by atoms with Crippen molar-refractivity contribution < 1.29 is 18.1 Å². The third-order valence-electron chi connectivity index (χ3n) is 3.67. The van der Waals surface area contributed by atoms with Crippen LogP contribution in [0.2, 0.25) is 0 Å². The molecule has 1 heterocycles. The molecule has 0 aliphatic heterocycles. The van der Waals surface area contributed by atoms with Crippen LogP contribution >= 0.6 is 0 Å². The molecular formula is C19H19NO4S. The molecule has 3 rings (SSSR count). The van der Waals surface area contributed by atoms with Gasteiger partial charge in [0, 0.05) is 22.1 Å². The fraction of sp³-hybridized carbons (Fsp3) is 0.211. The molecule has 2 aromatic carbocycles. The third-order valence-corrected chi connectivity index (χ3v) is 4.90. The van der Waals surface area contributed by atoms with E-state index in [1.165, 1.54) is 0 Å². The normalized spacial score (nSPS) is 11.9. The van der Waals surface area contributed by atoms with Gasteiger partial charge in [-0.2, -0.15) is 0 Å². The number of hydrogen-bond donors (Lipinski definition) is 0. The van der Waals surface area contributed by atoms with Crippen LogP contribution in [0.1, 0.15) is 11.5 Å². The van der Waals surface area contributed by atoms with E-state index in [1.807, 2.05) is 48.5 Å². The van der Waals surface area contributed by atoms with Crippen molar-refractivity contribution in [3.05, 3.63) is 66.2 Å². The first-order valence-corrected chi connectivity index (χ1v) is 9.24. The highest BCUT2D eigenvalue weighted by molar-refractivity contribution is 7.83. The lowest BCUT2D eigenvalue weighted by Crippen LogP contribution is -2.00. The summed E-state index contributed by atoms with van der Waals surface area (Å²) in [6.45, 7) is 0. The molecule has 0 amide bonds. The largest absolute Gasteiger partial charge is 0.497 e. The minimum atomic E-state index is -1.11. The Balaban J connectivity index is 1.64. The van der Waals surface area contributed by atoms with Gasteiger partial charge >= 0.3 is 0 Å². The molecule has 130 valence electrons. The van der Waals surface area contributed by atoms with Gasteiger partial charge < -0.3 is 13.9 Å². The molecule has 1 aromatic heterocycles. The summed E-state index contributed by atoms with van der Waals surface area (Å²) in [6, 6.07) is 15.1. The zero-order chi connectivity index (χ0) is 17.6. The molecule has 3 aromatic rings. The molecule has 0 saturated heterocycles. The summed E-state index contributed by atoms with van der Waals surface area (Å²) in [4.78, 5) is 4.23. The minimum absolute atomic E-state index is 0.271. The number of nitrogens with zero attached hydrogens (tertiary/aromatic N) is 1. The quantitative estimate of drug-likeness (QED) is 0.643. The zero-order valence-electron chi connectivity index (χ0n) is 14.1. The Labute approximate surface area is 149 Å². The van der Waals surface area contributed by atoms with Crippen molar-refractivity contribution in [2.24, 2.45) is 0 Å². The van der Waals surface area contributed by atoms with Crippen molar-refractivity contribution in [1.29, 1.82) is 0 Å². The highest BCUT2D eigenvalue weighted by Gasteiger charge is 2.11. The minimum Gasteiger partial charge on any atom is -0.497 e. The van der Waals surface area contributed by atoms with Crippen LogP contribution in [0.3, 0.4) is 0 Å². The second-order valence-corrected chi connectivity index (χ2v) is 6.88. The second-order valence-electron chi connectivity index (χ2n) is 5.43. The second kappa shape index (κ2) is 7.98. The van der Waals surface area contributed by atoms with Gasteiger partial charge in [-0.1, -0.05) is 12.1 Å². The average molecular weight is 357 g/mol. The molecule has 25 heavy (non-hydrogen) atoms. The first-order valence-electron chi connectivity index (χ1n) is 7.75. The lowest BCUT2D eigenvalue weighted by atomic mass is 10.2. The Hall–Kier alpha value is -2.60. The predicted molar refractivity (Wildman–Crippen MR) is 97.0 cm³/mol. The number of hydrogen-bond acceptors (Lipinski definition) is 5. The average Bonchev–Trinajstić information content (AvgIpc) is 3.10. The van der Waals surface area contributed by atoms with Gasteiger partial charge in [-0.25, -0.2) is 4.98 Å². The van der Waals surface area contributed by atoms with Crippen molar-refractivity contribution in [3.63, 3.8) is 0 Å². The van der Waals surface area contributed by atoms with Gasteiger partial charge in [-0.3, -0.25) is 4.21 Å². The fourth-order valence-corrected chi connectivity index (χ4v) is 3.46. The Bertz CT molecular complexity index is 858. The summed E-state index contributed by atoms with van der Waals surface area (Å²) in [5.74, 6) is 3.35. The van der Waals surface area contributed by atoms with Crippen LogP contribution in [0.4, 0.5) is 0 Å². The topological polar surface area (TPSA) is 61.6 Å². The number of ether oxygens (including phenoxy) is 2. The van der Waals surface area contributed by atoms with Crippen LogP contribution in [0.25, 0.3) is 11.3 Å². The van der Waals surface area contributed by atoms with Crippen LogP contribution in [-0.4, -0.2) is 23.4 Å². The lowest BCUT2D eigenvalue weighted by molar-refractivity contribution is 0.414. The van der Waals surface area contributed by atoms with Gasteiger partial charge in [0.2, 0.25) is 5.89 Å². The molecule has 0 saturated carbocycles. The summed E-state index contributed by atoms with van der Waals surface area (Å²) < 4.78 is 28.4. The van der Waals surface area contributed by atoms with Crippen LogP contribution in [-0.2, 0) is 22.3 Å². The summed E-state index contributed by atoms with van der Waals surface area (Å²) in [7, 11) is 2.13. The molecule has 5 nitrogen and oxygen atoms in total. The zero-order valence-corrected chi connectivity index (χ0v) is 14.9. The Morgan fingerprint density at radius 2 is 1.76 bits per heavy atom. The van der Waals surface area contributed by atoms with E-state index in [2.05, 4.69) is 4.98 Å². The van der Waals surface area contributed by atoms with E-state index in [4.69, 9.17) is 13.9 Å². The van der Waals surface area contributed by atoms with Gasteiger partial charge in [0.1, 0.15) is 17.3 Å². The SMILES string of the molecule is COc1ccc(-c2cnc(CS(=O)Cc3cccc(OC)c3)o2)cc1. The van der Waals surface area contributed by atoms with Crippen LogP contribution < -0.4 is 9.47 Å². The van der Waals surface area contributed by atoms with Crippen molar-refractivity contribution in [2.75, 3.05) is 14.2 Å². The summed E-state index contributed by atoms with van der Waals surface area (Å²) in [5, 5.41) is 0. The molecule has 0 aliphatic carbocycles. The number of oxazole rings is 1. The Morgan fingerprint density at radius 3 is 2.48 bits per heavy atom. The molecule has 0 N–H and O–H groups in total. The highest BCUT2D eigenvalue weighted by atomic mass is 32.2. The van der Waals surface area contributed by atoms with Gasteiger partial charge in [0.05, 0.1) is 20.4 Å². The molecule has 0 bridgehead atoms. The first-order chi connectivity index (χ1) is 12.2. The van der Waals surface area contributed by atoms with E-state index in [9.17, 15) is 4.21 Å². The van der Waals surface area contributed by atoms with Crippen molar-refractivity contribution in [3.8, 4) is 22.8 Å². The molecule has 1 unspecified atom stereocenters. The van der Waals surface area contributed by atoms with Gasteiger partial charge in [-0.15, -0.1) is 0 Å². The highest BCUT2D eigenvalue weighted by Crippen LogP contribution is 2.24. The molecule has 0 spiro atoms. The monoisotopic (exact) mass is 357 g/mol. The van der Waals surface area contributed by atoms with E-state index in [1.54, 1.807) is 20.4 Å². The van der Waals surface area contributed by atoms with Gasteiger partial charge in [0.15, 0.2) is 5.76 Å². The maximum absolute atomic E-state index is 12.4. The summed E-state index contributed by atoms with van der Waals surface area (Å²) in [6.07, 6.45) is 1.65. The lowest BCUT2D eigenvalue weighted by Gasteiger charge is -2.04. The Kier molecular flexibility index (Phi) is 5.50. The van der Waals surface area contributed by atoms with Crippen molar-refractivity contribution in [1.82, 2.24) is 4.98 Å². The standard InChI is InChI=1S/C19H19NO4S/c1-22-16-8-6-15(7-9-16)18-11-20-19(24-18)13-25(21)12-14-4-3-5-17(10-14)23-2/h3-11H,12-13H2,1-2H3. The Morgan fingerprint density at radius 1 is 1.00 bits per heavy atom. The first kappa shape index (κ1) is 17.2. The number of methoxy groups -OCH3 is 2. The van der Waals surface area contributed by atoms with E-state index in [-0.39, 0.29) is 5.75 Å². The molecular weight excluding hydrogens is 338 g/mol. The number of rotatable bonds is 7. The number of benzene rings is 2. The third kappa shape index (κ3) is 4.48. The maximum atomic E-state index is 12.4. The molecule has 0 fully saturated rings. The van der Waals surface area contributed by atoms with Crippen LogP contribution in [0.15, 0.2) is 59.1 Å². The molecule has 0 radical (unpaired) electrons. The van der Waals surface area contributed by atoms with Gasteiger partial charge in [-0.05, 0) is 42.0 Å². The van der Waals surface area contributed by atoms with Crippen molar-refractivity contribution >= 4 is 10.8 Å². The van der Waals surface area contributed by atoms with Gasteiger partial charge in [0.25, 0.3) is 0 Å². The van der Waals surface area contributed by atoms with E-state index in [0.717, 1.165) is 22.6 Å². The predicted octanol–water partition coefficient (Wildman–Crippen LogP) is 3.81. The number of aromatic nitrogens is 1. The molecule has 0 aliphatic rings. The van der Waals surface area contributed by atoms with E-state index >= 15 is 0 Å². The molecule has 6 heteroatoms. The van der Waals surface area contributed by atoms with Crippen LogP contribution in [0.5, 0.6) is 11.5 Å².